The summed E-state index contributed by atoms with van der Waals surface area (Å²) in [4.78, 5) is 16.5. The first-order valence-electron chi connectivity index (χ1n) is 9.27. The summed E-state index contributed by atoms with van der Waals surface area (Å²) < 4.78 is 5.96. The smallest absolute Gasteiger partial charge is 0.240 e. The minimum Gasteiger partial charge on any atom is -0.383 e. The van der Waals surface area contributed by atoms with Gasteiger partial charge in [0.05, 0.1) is 30.2 Å². The molecule has 1 saturated heterocycles. The van der Waals surface area contributed by atoms with Crippen molar-refractivity contribution < 1.29 is 9.53 Å². The van der Waals surface area contributed by atoms with Crippen LogP contribution in [0.25, 0.3) is 0 Å². The molecule has 1 aliphatic rings. The Balaban J connectivity index is 1.51. The SMILES string of the molecule is CCN(Cc1ccc(C(=N)N)s1)C(=O)[C@@H]1C[C@@H](OCc2ccc(Cl)cc2)CN1. The summed E-state index contributed by atoms with van der Waals surface area (Å²) in [5.74, 6) is 0.140. The van der Waals surface area contributed by atoms with E-state index in [4.69, 9.17) is 27.5 Å². The highest BCUT2D eigenvalue weighted by atomic mass is 35.5. The highest BCUT2D eigenvalue weighted by Crippen LogP contribution is 2.20. The van der Waals surface area contributed by atoms with Crippen LogP contribution < -0.4 is 11.1 Å². The third kappa shape index (κ3) is 5.32. The molecule has 1 fully saturated rings. The molecule has 6 nitrogen and oxygen atoms in total. The topological polar surface area (TPSA) is 91.4 Å². The number of nitrogens with one attached hydrogen (secondary N) is 2. The van der Waals surface area contributed by atoms with Gasteiger partial charge in [0.25, 0.3) is 0 Å². The van der Waals surface area contributed by atoms with Crippen LogP contribution in [0.5, 0.6) is 0 Å². The van der Waals surface area contributed by atoms with Gasteiger partial charge in [0.15, 0.2) is 0 Å². The molecule has 0 saturated carbocycles. The summed E-state index contributed by atoms with van der Waals surface area (Å²) in [7, 11) is 0. The highest BCUT2D eigenvalue weighted by Gasteiger charge is 2.32. The lowest BCUT2D eigenvalue weighted by molar-refractivity contribution is -0.133. The van der Waals surface area contributed by atoms with Gasteiger partial charge >= 0.3 is 0 Å². The second-order valence-corrected chi connectivity index (χ2v) is 8.39. The number of hydrogen-bond acceptors (Lipinski definition) is 5. The van der Waals surface area contributed by atoms with Crippen LogP contribution in [0.1, 0.15) is 28.7 Å². The number of nitrogens with two attached hydrogens (primary N) is 1. The van der Waals surface area contributed by atoms with E-state index in [-0.39, 0.29) is 23.9 Å². The molecule has 0 radical (unpaired) electrons. The average molecular weight is 421 g/mol. The zero-order valence-electron chi connectivity index (χ0n) is 15.8. The largest absolute Gasteiger partial charge is 0.383 e. The number of amidine groups is 1. The molecule has 28 heavy (non-hydrogen) atoms. The van der Waals surface area contributed by atoms with Crippen molar-refractivity contribution >= 4 is 34.7 Å². The van der Waals surface area contributed by atoms with Gasteiger partial charge in [-0.25, -0.2) is 0 Å². The molecule has 1 amide bonds. The molecule has 1 aromatic heterocycles. The Kier molecular flexibility index (Phi) is 7.07. The van der Waals surface area contributed by atoms with Crippen LogP contribution in [-0.4, -0.2) is 41.9 Å². The van der Waals surface area contributed by atoms with Crippen molar-refractivity contribution in [2.24, 2.45) is 5.73 Å². The molecule has 2 aromatic rings. The van der Waals surface area contributed by atoms with Crippen LogP contribution in [0.4, 0.5) is 0 Å². The number of ether oxygens (including phenoxy) is 1. The summed E-state index contributed by atoms with van der Waals surface area (Å²) in [6.07, 6.45) is 0.667. The minimum absolute atomic E-state index is 0.00869. The molecule has 2 atom stereocenters. The van der Waals surface area contributed by atoms with E-state index in [1.54, 1.807) is 0 Å². The summed E-state index contributed by atoms with van der Waals surface area (Å²) in [5.41, 5.74) is 6.59. The first kappa shape index (κ1) is 20.8. The van der Waals surface area contributed by atoms with Crippen molar-refractivity contribution in [2.75, 3.05) is 13.1 Å². The summed E-state index contributed by atoms with van der Waals surface area (Å²) in [5, 5.41) is 11.5. The number of amides is 1. The Bertz CT molecular complexity index is 824. The van der Waals surface area contributed by atoms with Gasteiger partial charge in [-0.2, -0.15) is 0 Å². The number of nitrogen functional groups attached to an aromatic ring is 1. The Morgan fingerprint density at radius 1 is 1.36 bits per heavy atom. The van der Waals surface area contributed by atoms with Crippen LogP contribution in [0.2, 0.25) is 5.02 Å². The van der Waals surface area contributed by atoms with E-state index in [2.05, 4.69) is 5.32 Å². The van der Waals surface area contributed by atoms with Crippen molar-refractivity contribution in [1.82, 2.24) is 10.2 Å². The van der Waals surface area contributed by atoms with E-state index >= 15 is 0 Å². The maximum atomic E-state index is 12.9. The van der Waals surface area contributed by atoms with Crippen LogP contribution >= 0.6 is 22.9 Å². The summed E-state index contributed by atoms with van der Waals surface area (Å²) >= 11 is 7.36. The van der Waals surface area contributed by atoms with E-state index < -0.39 is 0 Å². The Labute approximate surface area is 174 Å². The predicted molar refractivity (Wildman–Crippen MR) is 113 cm³/mol. The molecule has 1 aromatic carbocycles. The average Bonchev–Trinajstić information content (AvgIpc) is 3.35. The van der Waals surface area contributed by atoms with E-state index in [9.17, 15) is 4.79 Å². The molecule has 0 spiro atoms. The molecule has 150 valence electrons. The number of carbonyl (C=O) groups excluding carboxylic acids is 1. The maximum Gasteiger partial charge on any atom is 0.240 e. The van der Waals surface area contributed by atoms with Gasteiger partial charge in [-0.05, 0) is 43.2 Å². The third-order valence-corrected chi connectivity index (χ3v) is 6.11. The van der Waals surface area contributed by atoms with Crippen molar-refractivity contribution in [3.63, 3.8) is 0 Å². The van der Waals surface area contributed by atoms with Gasteiger partial charge in [0.2, 0.25) is 5.91 Å². The van der Waals surface area contributed by atoms with Gasteiger partial charge in [0.1, 0.15) is 5.84 Å². The quantitative estimate of drug-likeness (QED) is 0.452. The monoisotopic (exact) mass is 420 g/mol. The van der Waals surface area contributed by atoms with Crippen LogP contribution in [0.3, 0.4) is 0 Å². The molecule has 4 N–H and O–H groups in total. The van der Waals surface area contributed by atoms with Gasteiger partial charge in [-0.1, -0.05) is 23.7 Å². The number of rotatable bonds is 8. The number of halogens is 1. The van der Waals surface area contributed by atoms with E-state index in [0.717, 1.165) is 15.3 Å². The van der Waals surface area contributed by atoms with Crippen LogP contribution in [0, 0.1) is 5.41 Å². The highest BCUT2D eigenvalue weighted by molar-refractivity contribution is 7.14. The number of likely N-dealkylation sites (N-methyl/N-ethyl adjacent to an activating group) is 1. The van der Waals surface area contributed by atoms with Gasteiger partial charge < -0.3 is 20.7 Å². The summed E-state index contributed by atoms with van der Waals surface area (Å²) in [6, 6.07) is 11.1. The molecule has 1 aliphatic heterocycles. The fourth-order valence-corrected chi connectivity index (χ4v) is 4.19. The zero-order valence-corrected chi connectivity index (χ0v) is 17.4. The van der Waals surface area contributed by atoms with Gasteiger partial charge in [0, 0.05) is 23.0 Å². The normalized spacial score (nSPS) is 18.9. The first-order valence-corrected chi connectivity index (χ1v) is 10.5. The lowest BCUT2D eigenvalue weighted by atomic mass is 10.1. The summed E-state index contributed by atoms with van der Waals surface area (Å²) in [6.45, 7) is 4.29. The number of carbonyl (C=O) groups is 1. The zero-order chi connectivity index (χ0) is 20.1. The maximum absolute atomic E-state index is 12.9. The van der Waals surface area contributed by atoms with Crippen molar-refractivity contribution in [1.29, 1.82) is 5.41 Å². The van der Waals surface area contributed by atoms with E-state index in [0.29, 0.717) is 37.7 Å². The predicted octanol–water partition coefficient (Wildman–Crippen LogP) is 2.98. The lowest BCUT2D eigenvalue weighted by Crippen LogP contribution is -2.43. The fraction of sp³-hybridized carbons (Fsp3) is 0.400. The molecule has 0 unspecified atom stereocenters. The second kappa shape index (κ2) is 9.52. The molecule has 0 aliphatic carbocycles. The van der Waals surface area contributed by atoms with E-state index in [1.807, 2.05) is 48.2 Å². The van der Waals surface area contributed by atoms with E-state index in [1.165, 1.54) is 11.3 Å². The third-order valence-electron chi connectivity index (χ3n) is 4.75. The number of thiophene rings is 1. The molecular formula is C20H25ClN4O2S. The second-order valence-electron chi connectivity index (χ2n) is 6.79. The molecular weight excluding hydrogens is 396 g/mol. The number of benzene rings is 1. The standard InChI is InChI=1S/C20H25ClN4O2S/c1-2-25(11-16-7-8-18(28-16)19(22)23)20(26)17-9-15(10-24-17)27-12-13-3-5-14(21)6-4-13/h3-8,15,17,24H,2,9-12H2,1H3,(H3,22,23)/t15-,17+/m1/s1. The lowest BCUT2D eigenvalue weighted by Gasteiger charge is -2.23. The molecule has 3 rings (SSSR count). The molecule has 2 heterocycles. The van der Waals surface area contributed by atoms with Crippen LogP contribution in [-0.2, 0) is 22.7 Å². The van der Waals surface area contributed by atoms with Crippen molar-refractivity contribution in [3.8, 4) is 0 Å². The van der Waals surface area contributed by atoms with Crippen LogP contribution in [0.15, 0.2) is 36.4 Å². The van der Waals surface area contributed by atoms with Crippen molar-refractivity contribution in [3.05, 3.63) is 56.7 Å². The van der Waals surface area contributed by atoms with Gasteiger partial charge in [-0.3, -0.25) is 10.2 Å². The Morgan fingerprint density at radius 3 is 2.75 bits per heavy atom. The first-order chi connectivity index (χ1) is 13.5. The molecule has 8 heteroatoms. The Hall–Kier alpha value is -1.93. The molecule has 0 bridgehead atoms. The minimum atomic E-state index is -0.234. The number of hydrogen-bond donors (Lipinski definition) is 3. The Morgan fingerprint density at radius 2 is 2.11 bits per heavy atom. The number of nitrogens with zero attached hydrogens (tertiary/aromatic N) is 1. The van der Waals surface area contributed by atoms with Gasteiger partial charge in [-0.15, -0.1) is 11.3 Å². The fourth-order valence-electron chi connectivity index (χ4n) is 3.17. The van der Waals surface area contributed by atoms with Crippen molar-refractivity contribution in [2.45, 2.75) is 38.6 Å².